The second-order valence-corrected chi connectivity index (χ2v) is 7.78. The van der Waals surface area contributed by atoms with E-state index in [0.717, 1.165) is 16.1 Å². The largest absolute Gasteiger partial charge is 0.479 e. The smallest absolute Gasteiger partial charge is 0.265 e. The summed E-state index contributed by atoms with van der Waals surface area (Å²) in [6.45, 7) is 1.71. The second-order valence-electron chi connectivity index (χ2n) is 6.92. The van der Waals surface area contributed by atoms with Crippen LogP contribution in [-0.4, -0.2) is 27.2 Å². The van der Waals surface area contributed by atoms with Crippen LogP contribution in [0.3, 0.4) is 0 Å². The predicted octanol–water partition coefficient (Wildman–Crippen LogP) is 4.24. The van der Waals surface area contributed by atoms with Crippen molar-refractivity contribution >= 4 is 22.9 Å². The minimum absolute atomic E-state index is 0.153. The van der Waals surface area contributed by atoms with Gasteiger partial charge >= 0.3 is 0 Å². The van der Waals surface area contributed by atoms with Crippen molar-refractivity contribution in [2.75, 3.05) is 5.32 Å². The number of thiazole rings is 1. The van der Waals surface area contributed by atoms with E-state index in [2.05, 4.69) is 20.5 Å². The summed E-state index contributed by atoms with van der Waals surface area (Å²) in [5.41, 5.74) is 4.33. The van der Waals surface area contributed by atoms with Crippen LogP contribution < -0.4 is 10.1 Å². The zero-order valence-electron chi connectivity index (χ0n) is 14.8. The third kappa shape index (κ3) is 2.90. The molecule has 0 bridgehead atoms. The molecule has 3 aromatic rings. The van der Waals surface area contributed by atoms with Gasteiger partial charge in [-0.05, 0) is 38.0 Å². The molecule has 1 aromatic carbocycles. The first-order valence-electron chi connectivity index (χ1n) is 9.08. The summed E-state index contributed by atoms with van der Waals surface area (Å²) in [7, 11) is 0. The van der Waals surface area contributed by atoms with Crippen molar-refractivity contribution in [3.63, 3.8) is 0 Å². The van der Waals surface area contributed by atoms with Crippen LogP contribution >= 0.6 is 11.3 Å². The Morgan fingerprint density at radius 3 is 2.85 bits per heavy atom. The quantitative estimate of drug-likeness (QED) is 0.729. The summed E-state index contributed by atoms with van der Waals surface area (Å²) in [5, 5.41) is 11.3. The molecule has 5 rings (SSSR count). The van der Waals surface area contributed by atoms with E-state index in [1.807, 2.05) is 17.6 Å². The molecule has 2 aromatic heterocycles. The van der Waals surface area contributed by atoms with Crippen LogP contribution in [0.1, 0.15) is 44.2 Å². The third-order valence-electron chi connectivity index (χ3n) is 5.12. The van der Waals surface area contributed by atoms with Gasteiger partial charge in [-0.2, -0.15) is 0 Å². The molecule has 27 heavy (non-hydrogen) atoms. The Hall–Kier alpha value is -2.74. The maximum Gasteiger partial charge on any atom is 0.265 e. The SMILES string of the molecule is CC1Oc2cc(-c3nnc(-c4scnc4C4CCCC4)o3)ccc2NC1=O. The predicted molar refractivity (Wildman–Crippen MR) is 101 cm³/mol. The van der Waals surface area contributed by atoms with Gasteiger partial charge in [0.25, 0.3) is 11.8 Å². The van der Waals surface area contributed by atoms with E-state index in [0.29, 0.717) is 29.1 Å². The molecular weight excluding hydrogens is 364 g/mol. The van der Waals surface area contributed by atoms with Gasteiger partial charge in [-0.3, -0.25) is 4.79 Å². The number of nitrogens with one attached hydrogen (secondary N) is 1. The fraction of sp³-hybridized carbons (Fsp3) is 0.368. The highest BCUT2D eigenvalue weighted by Gasteiger charge is 2.27. The number of fused-ring (bicyclic) bond motifs is 1. The lowest BCUT2D eigenvalue weighted by molar-refractivity contribution is -0.122. The van der Waals surface area contributed by atoms with E-state index in [4.69, 9.17) is 9.15 Å². The van der Waals surface area contributed by atoms with Crippen molar-refractivity contribution in [2.24, 2.45) is 0 Å². The number of carbonyl (C=O) groups is 1. The summed E-state index contributed by atoms with van der Waals surface area (Å²) in [4.78, 5) is 17.2. The number of aromatic nitrogens is 3. The van der Waals surface area contributed by atoms with Crippen molar-refractivity contribution in [2.45, 2.75) is 44.6 Å². The maximum absolute atomic E-state index is 11.7. The Labute approximate surface area is 159 Å². The van der Waals surface area contributed by atoms with Crippen molar-refractivity contribution in [3.05, 3.63) is 29.4 Å². The molecule has 1 fully saturated rings. The lowest BCUT2D eigenvalue weighted by Crippen LogP contribution is -2.34. The van der Waals surface area contributed by atoms with Crippen LogP contribution in [0.5, 0.6) is 5.75 Å². The lowest BCUT2D eigenvalue weighted by Gasteiger charge is -2.23. The molecule has 1 unspecified atom stereocenters. The normalized spacial score (nSPS) is 19.6. The number of hydrogen-bond donors (Lipinski definition) is 1. The zero-order valence-corrected chi connectivity index (χ0v) is 15.6. The molecule has 0 radical (unpaired) electrons. The van der Waals surface area contributed by atoms with Crippen LogP contribution in [0, 0.1) is 0 Å². The molecule has 0 spiro atoms. The first-order valence-corrected chi connectivity index (χ1v) is 9.96. The molecule has 8 heteroatoms. The van der Waals surface area contributed by atoms with E-state index >= 15 is 0 Å². The van der Waals surface area contributed by atoms with Gasteiger partial charge < -0.3 is 14.5 Å². The van der Waals surface area contributed by atoms with E-state index in [1.165, 1.54) is 25.7 Å². The Bertz CT molecular complexity index is 1010. The molecule has 1 N–H and O–H groups in total. The summed E-state index contributed by atoms with van der Waals surface area (Å²) in [6.07, 6.45) is 4.31. The average molecular weight is 382 g/mol. The van der Waals surface area contributed by atoms with Gasteiger partial charge in [0, 0.05) is 11.5 Å². The van der Waals surface area contributed by atoms with Crippen LogP contribution in [0.4, 0.5) is 5.69 Å². The minimum atomic E-state index is -0.530. The Balaban J connectivity index is 1.46. The zero-order chi connectivity index (χ0) is 18.4. The van der Waals surface area contributed by atoms with Crippen molar-refractivity contribution in [1.29, 1.82) is 0 Å². The van der Waals surface area contributed by atoms with Crippen molar-refractivity contribution in [1.82, 2.24) is 15.2 Å². The summed E-state index contributed by atoms with van der Waals surface area (Å²) < 4.78 is 11.6. The second kappa shape index (κ2) is 6.45. The van der Waals surface area contributed by atoms with Crippen LogP contribution in [-0.2, 0) is 4.79 Å². The number of carbonyl (C=O) groups excluding carboxylic acids is 1. The van der Waals surface area contributed by atoms with Gasteiger partial charge in [-0.1, -0.05) is 12.8 Å². The van der Waals surface area contributed by atoms with Gasteiger partial charge in [0.2, 0.25) is 5.89 Å². The number of amides is 1. The maximum atomic E-state index is 11.7. The lowest BCUT2D eigenvalue weighted by atomic mass is 10.0. The summed E-state index contributed by atoms with van der Waals surface area (Å²) >= 11 is 1.54. The molecule has 1 amide bonds. The molecule has 3 heterocycles. The van der Waals surface area contributed by atoms with E-state index in [1.54, 1.807) is 24.3 Å². The van der Waals surface area contributed by atoms with Crippen molar-refractivity contribution < 1.29 is 13.9 Å². The molecular formula is C19H18N4O3S. The minimum Gasteiger partial charge on any atom is -0.479 e. The van der Waals surface area contributed by atoms with Gasteiger partial charge in [-0.15, -0.1) is 21.5 Å². The van der Waals surface area contributed by atoms with Crippen LogP contribution in [0.15, 0.2) is 28.1 Å². The molecule has 7 nitrogen and oxygen atoms in total. The first-order chi connectivity index (χ1) is 13.2. The average Bonchev–Trinajstić information content (AvgIpc) is 3.41. The van der Waals surface area contributed by atoms with Crippen LogP contribution in [0.25, 0.3) is 22.2 Å². The van der Waals surface area contributed by atoms with E-state index in [-0.39, 0.29) is 5.91 Å². The standard InChI is InChI=1S/C19H18N4O3S/c1-10-17(24)21-13-7-6-12(8-14(13)25-10)18-22-23-19(26-18)16-15(20-9-27-16)11-4-2-3-5-11/h6-11H,2-5H2,1H3,(H,21,24). The van der Waals surface area contributed by atoms with Gasteiger partial charge in [0.1, 0.15) is 10.6 Å². The topological polar surface area (TPSA) is 90.1 Å². The highest BCUT2D eigenvalue weighted by atomic mass is 32.1. The molecule has 0 saturated heterocycles. The van der Waals surface area contributed by atoms with Crippen LogP contribution in [0.2, 0.25) is 0 Å². The Morgan fingerprint density at radius 2 is 2.00 bits per heavy atom. The monoisotopic (exact) mass is 382 g/mol. The number of ether oxygens (including phenoxy) is 1. The number of anilines is 1. The molecule has 2 aliphatic rings. The Kier molecular flexibility index (Phi) is 3.93. The highest BCUT2D eigenvalue weighted by Crippen LogP contribution is 2.41. The first kappa shape index (κ1) is 16.4. The molecule has 1 atom stereocenters. The highest BCUT2D eigenvalue weighted by molar-refractivity contribution is 7.13. The van der Waals surface area contributed by atoms with Crippen molar-refractivity contribution in [3.8, 4) is 28.0 Å². The summed E-state index contributed by atoms with van der Waals surface area (Å²) in [5.74, 6) is 1.87. The van der Waals surface area contributed by atoms with Gasteiger partial charge in [0.15, 0.2) is 6.10 Å². The van der Waals surface area contributed by atoms with E-state index in [9.17, 15) is 4.79 Å². The number of benzene rings is 1. The number of nitrogens with zero attached hydrogens (tertiary/aromatic N) is 3. The number of hydrogen-bond acceptors (Lipinski definition) is 7. The summed E-state index contributed by atoms with van der Waals surface area (Å²) in [6, 6.07) is 5.43. The third-order valence-corrected chi connectivity index (χ3v) is 5.95. The molecule has 138 valence electrons. The van der Waals surface area contributed by atoms with Gasteiger partial charge in [-0.25, -0.2) is 4.98 Å². The molecule has 1 aliphatic heterocycles. The fourth-order valence-corrected chi connectivity index (χ4v) is 4.47. The number of rotatable bonds is 3. The Morgan fingerprint density at radius 1 is 1.19 bits per heavy atom. The van der Waals surface area contributed by atoms with Gasteiger partial charge in [0.05, 0.1) is 16.9 Å². The molecule has 1 saturated carbocycles. The molecule has 1 aliphatic carbocycles. The van der Waals surface area contributed by atoms with E-state index < -0.39 is 6.10 Å². The fourth-order valence-electron chi connectivity index (χ4n) is 3.67.